The van der Waals surface area contributed by atoms with Crippen LogP contribution in [0.25, 0.3) is 0 Å². The first kappa shape index (κ1) is 12.6. The summed E-state index contributed by atoms with van der Waals surface area (Å²) in [5, 5.41) is 8.20. The third-order valence-corrected chi connectivity index (χ3v) is 1.09. The van der Waals surface area contributed by atoms with Crippen LogP contribution in [-0.2, 0) is 30.6 Å². The van der Waals surface area contributed by atoms with Crippen LogP contribution in [0.15, 0.2) is 18.3 Å². The molecule has 0 aliphatic rings. The topological polar surface area (TPSA) is 96.5 Å². The molecule has 7 heteroatoms. The molecule has 0 fully saturated rings. The van der Waals surface area contributed by atoms with Crippen LogP contribution in [0.4, 0.5) is 0 Å². The van der Waals surface area contributed by atoms with E-state index in [1.807, 2.05) is 0 Å². The first-order valence-electron chi connectivity index (χ1n) is 3.42. The Balaban J connectivity index is 0.000000791. The fourth-order valence-corrected chi connectivity index (χ4v) is 0.660. The SMILES string of the molecule is O=C(O)CC(=O)Oc1ccc[nH]1.[O]=[V]. The Morgan fingerprint density at radius 2 is 2.14 bits per heavy atom. The van der Waals surface area contributed by atoms with Crippen LogP contribution >= 0.6 is 0 Å². The van der Waals surface area contributed by atoms with Gasteiger partial charge in [0.1, 0.15) is 6.42 Å². The van der Waals surface area contributed by atoms with E-state index in [1.54, 1.807) is 12.3 Å². The molecule has 0 saturated carbocycles. The van der Waals surface area contributed by atoms with Gasteiger partial charge in [-0.25, -0.2) is 0 Å². The number of aromatic nitrogens is 1. The van der Waals surface area contributed by atoms with E-state index in [0.717, 1.165) is 17.4 Å². The first-order chi connectivity index (χ1) is 6.68. The monoisotopic (exact) mass is 236 g/mol. The van der Waals surface area contributed by atoms with Crippen molar-refractivity contribution in [3.8, 4) is 5.88 Å². The normalized spacial score (nSPS) is 8.21. The number of carbonyl (C=O) groups excluding carboxylic acids is 1. The fourth-order valence-electron chi connectivity index (χ4n) is 0.660. The molecule has 2 N–H and O–H groups in total. The molecule has 1 aromatic heterocycles. The summed E-state index contributed by atoms with van der Waals surface area (Å²) in [6.45, 7) is 0. The zero-order chi connectivity index (χ0) is 11.0. The number of nitrogens with one attached hydrogen (secondary N) is 1. The molecule has 1 aromatic rings. The van der Waals surface area contributed by atoms with Crippen molar-refractivity contribution in [3.05, 3.63) is 18.3 Å². The summed E-state index contributed by atoms with van der Waals surface area (Å²) < 4.78 is 12.8. The van der Waals surface area contributed by atoms with E-state index in [2.05, 4.69) is 9.72 Å². The Kier molecular flexibility index (Phi) is 6.35. The Morgan fingerprint density at radius 1 is 1.50 bits per heavy atom. The molecule has 0 saturated heterocycles. The maximum atomic E-state index is 10.7. The number of hydrogen-bond donors (Lipinski definition) is 2. The average molecular weight is 236 g/mol. The molecular weight excluding hydrogens is 229 g/mol. The van der Waals surface area contributed by atoms with E-state index in [-0.39, 0.29) is 5.88 Å². The number of esters is 1. The molecule has 0 aromatic carbocycles. The number of rotatable bonds is 3. The standard InChI is InChI=1S/C7H7NO4.O.V/c9-6(10)4-7(11)12-5-2-1-3-8-5;;/h1-3,8H,4H2,(H,9,10);;. The van der Waals surface area contributed by atoms with Crippen molar-refractivity contribution in [2.24, 2.45) is 0 Å². The van der Waals surface area contributed by atoms with Gasteiger partial charge in [-0.05, 0) is 6.07 Å². The second kappa shape index (κ2) is 7.05. The number of ether oxygens (including phenoxy) is 1. The molecule has 1 rings (SSSR count). The van der Waals surface area contributed by atoms with Gasteiger partial charge in [0.05, 0.1) is 0 Å². The van der Waals surface area contributed by atoms with Gasteiger partial charge in [0.15, 0.2) is 0 Å². The molecule has 1 heterocycles. The van der Waals surface area contributed by atoms with Crippen LogP contribution in [0, 0.1) is 0 Å². The van der Waals surface area contributed by atoms with Gasteiger partial charge in [-0.2, -0.15) is 0 Å². The predicted molar refractivity (Wildman–Crippen MR) is 39.4 cm³/mol. The Morgan fingerprint density at radius 3 is 2.57 bits per heavy atom. The summed E-state index contributed by atoms with van der Waals surface area (Å²) in [6, 6.07) is 3.17. The van der Waals surface area contributed by atoms with Gasteiger partial charge >= 0.3 is 33.0 Å². The average Bonchev–Trinajstić information content (AvgIpc) is 2.59. The minimum absolute atomic E-state index is 0.251. The molecule has 0 amide bonds. The third-order valence-electron chi connectivity index (χ3n) is 1.09. The van der Waals surface area contributed by atoms with Crippen molar-refractivity contribution in [3.63, 3.8) is 0 Å². The number of carboxylic acids is 1. The molecule has 0 bridgehead atoms. The van der Waals surface area contributed by atoms with Crippen LogP contribution in [0.5, 0.6) is 5.88 Å². The van der Waals surface area contributed by atoms with Crippen molar-refractivity contribution in [2.45, 2.75) is 6.42 Å². The van der Waals surface area contributed by atoms with Crippen molar-refractivity contribution in [2.75, 3.05) is 0 Å². The van der Waals surface area contributed by atoms with Gasteiger partial charge < -0.3 is 14.8 Å². The van der Waals surface area contributed by atoms with Crippen LogP contribution in [-0.4, -0.2) is 22.0 Å². The molecule has 0 unspecified atom stereocenters. The Labute approximate surface area is 88.5 Å². The third kappa shape index (κ3) is 5.29. The summed E-state index contributed by atoms with van der Waals surface area (Å²) in [7, 11) is 0. The predicted octanol–water partition coefficient (Wildman–Crippen LogP) is 0.274. The van der Waals surface area contributed by atoms with Crippen LogP contribution in [0.2, 0.25) is 0 Å². The van der Waals surface area contributed by atoms with Crippen molar-refractivity contribution >= 4 is 11.9 Å². The molecule has 0 atom stereocenters. The van der Waals surface area contributed by atoms with Gasteiger partial charge in [0.2, 0.25) is 5.88 Å². The van der Waals surface area contributed by atoms with Crippen molar-refractivity contribution in [1.29, 1.82) is 0 Å². The van der Waals surface area contributed by atoms with Crippen molar-refractivity contribution in [1.82, 2.24) is 4.98 Å². The van der Waals surface area contributed by atoms with E-state index in [9.17, 15) is 9.59 Å². The van der Waals surface area contributed by atoms with E-state index >= 15 is 0 Å². The molecule has 6 nitrogen and oxygen atoms in total. The van der Waals surface area contributed by atoms with Gasteiger partial charge in [0, 0.05) is 12.3 Å². The molecule has 0 spiro atoms. The summed E-state index contributed by atoms with van der Waals surface area (Å²) in [5.74, 6) is -1.74. The number of aromatic amines is 1. The van der Waals surface area contributed by atoms with Crippen LogP contribution in [0.1, 0.15) is 6.42 Å². The quantitative estimate of drug-likeness (QED) is 0.580. The van der Waals surface area contributed by atoms with Gasteiger partial charge in [-0.15, -0.1) is 0 Å². The van der Waals surface area contributed by atoms with Gasteiger partial charge in [-0.3, -0.25) is 9.59 Å². The van der Waals surface area contributed by atoms with Gasteiger partial charge in [0.25, 0.3) is 0 Å². The van der Waals surface area contributed by atoms with E-state index in [1.165, 1.54) is 6.07 Å². The number of hydrogen-bond acceptors (Lipinski definition) is 4. The molecule has 0 radical (unpaired) electrons. The molecule has 75 valence electrons. The first-order valence-corrected chi connectivity index (χ1v) is 3.99. The number of H-pyrrole nitrogens is 1. The number of carbonyl (C=O) groups is 2. The number of aliphatic carboxylic acids is 1. The minimum atomic E-state index is -1.20. The second-order valence-corrected chi connectivity index (χ2v) is 2.08. The summed E-state index contributed by atoms with van der Waals surface area (Å²) in [4.78, 5) is 23.3. The Hall–Kier alpha value is -1.40. The summed E-state index contributed by atoms with van der Waals surface area (Å²) in [5.41, 5.74) is 0. The van der Waals surface area contributed by atoms with Crippen LogP contribution < -0.4 is 4.74 Å². The molecular formula is C7H7NO5V. The molecule has 0 aliphatic carbocycles. The zero-order valence-electron chi connectivity index (χ0n) is 6.97. The molecule has 0 aliphatic heterocycles. The van der Waals surface area contributed by atoms with E-state index in [4.69, 9.17) is 8.78 Å². The maximum absolute atomic E-state index is 10.7. The number of carboxylic acid groups (broad SMARTS) is 1. The van der Waals surface area contributed by atoms with Crippen LogP contribution in [0.3, 0.4) is 0 Å². The second-order valence-electron chi connectivity index (χ2n) is 2.08. The van der Waals surface area contributed by atoms with E-state index in [0.29, 0.717) is 0 Å². The summed E-state index contributed by atoms with van der Waals surface area (Å²) >= 11 is 1.06. The van der Waals surface area contributed by atoms with Crippen molar-refractivity contribution < 1.29 is 40.5 Å². The Bertz CT molecular complexity index is 297. The molecule has 14 heavy (non-hydrogen) atoms. The zero-order valence-corrected chi connectivity index (χ0v) is 8.36. The van der Waals surface area contributed by atoms with E-state index < -0.39 is 18.4 Å². The van der Waals surface area contributed by atoms with Gasteiger partial charge in [-0.1, -0.05) is 0 Å². The fraction of sp³-hybridized carbons (Fsp3) is 0.143. The summed E-state index contributed by atoms with van der Waals surface area (Å²) in [6.07, 6.45) is 0.947.